The highest BCUT2D eigenvalue weighted by molar-refractivity contribution is 7.91. The molecule has 0 saturated carbocycles. The Morgan fingerprint density at radius 2 is 1.63 bits per heavy atom. The maximum atomic E-state index is 14.9. The number of carbonyl (C=O) groups is 3. The zero-order valence-corrected chi connectivity index (χ0v) is 24.5. The van der Waals surface area contributed by atoms with Crippen molar-refractivity contribution in [1.29, 1.82) is 0 Å². The van der Waals surface area contributed by atoms with Crippen LogP contribution in [0.15, 0.2) is 42.5 Å². The zero-order valence-electron chi connectivity index (χ0n) is 23.7. The Bertz CT molecular complexity index is 1420. The largest absolute Gasteiger partial charge is 0.322 e. The van der Waals surface area contributed by atoms with E-state index in [-0.39, 0.29) is 35.6 Å². The van der Waals surface area contributed by atoms with Crippen LogP contribution in [0, 0.1) is 5.82 Å². The maximum absolute atomic E-state index is 14.9. The fraction of sp³-hybridized carbons (Fsp3) is 0.464. The van der Waals surface area contributed by atoms with Crippen molar-refractivity contribution in [1.82, 2.24) is 25.6 Å². The quantitative estimate of drug-likeness (QED) is 0.383. The van der Waals surface area contributed by atoms with E-state index in [9.17, 15) is 36.0 Å². The van der Waals surface area contributed by atoms with Gasteiger partial charge in [0.25, 0.3) is 5.91 Å². The number of hydrogen-bond donors (Lipinski definition) is 3. The van der Waals surface area contributed by atoms with Gasteiger partial charge in [-0.25, -0.2) is 17.6 Å². The molecule has 0 bridgehead atoms. The number of hydrazine groups is 1. The van der Waals surface area contributed by atoms with Gasteiger partial charge in [-0.05, 0) is 48.4 Å². The average Bonchev–Trinajstić information content (AvgIpc) is 2.97. The summed E-state index contributed by atoms with van der Waals surface area (Å²) in [4.78, 5) is 42.4. The van der Waals surface area contributed by atoms with Crippen molar-refractivity contribution in [2.75, 3.05) is 56.1 Å². The highest BCUT2D eigenvalue weighted by atomic mass is 32.2. The molecular formula is C28H35F3N6O5S. The first-order chi connectivity index (χ1) is 20.4. The number of nitrogens with one attached hydrogen (secondary N) is 3. The first-order valence-electron chi connectivity index (χ1n) is 13.9. The molecule has 2 aromatic rings. The molecular weight excluding hydrogens is 589 g/mol. The first kappa shape index (κ1) is 32.2. The molecule has 2 fully saturated rings. The van der Waals surface area contributed by atoms with Crippen molar-refractivity contribution in [2.45, 2.75) is 32.4 Å². The van der Waals surface area contributed by atoms with Gasteiger partial charge in [0, 0.05) is 50.5 Å². The van der Waals surface area contributed by atoms with Crippen LogP contribution in [0.4, 0.5) is 23.7 Å². The maximum Gasteiger partial charge on any atom is 0.322 e. The summed E-state index contributed by atoms with van der Waals surface area (Å²) >= 11 is 0. The number of anilines is 1. The molecule has 4 amide bonds. The minimum Gasteiger partial charge on any atom is -0.319 e. The van der Waals surface area contributed by atoms with Gasteiger partial charge in [-0.3, -0.25) is 25.3 Å². The molecule has 2 aromatic carbocycles. The first-order valence-corrected chi connectivity index (χ1v) is 15.7. The van der Waals surface area contributed by atoms with Crippen LogP contribution in [0.1, 0.15) is 28.4 Å². The molecule has 0 spiro atoms. The Morgan fingerprint density at radius 3 is 2.26 bits per heavy atom. The van der Waals surface area contributed by atoms with Gasteiger partial charge < -0.3 is 15.1 Å². The van der Waals surface area contributed by atoms with E-state index in [0.29, 0.717) is 5.69 Å². The number of rotatable bonds is 8. The summed E-state index contributed by atoms with van der Waals surface area (Å²) in [5.74, 6) is -4.20. The van der Waals surface area contributed by atoms with Crippen LogP contribution in [0.25, 0.3) is 0 Å². The van der Waals surface area contributed by atoms with E-state index in [1.807, 2.05) is 12.1 Å². The standard InChI is InChI=1S/C28H35F3N6O5S/c1-2-35-9-11-36(12-10-35)17-19-3-7-22(8-4-19)32-28(40)37-13-14-43(41,42)18-23(37)15-20-5-6-21(16-24(20)29)26(38)33-34-27(39)25(30)31/h3-8,16,23,25H,2,9-15,17-18H2,1H3,(H,32,40)(H,33,38)(H,34,39). The Balaban J connectivity index is 1.38. The van der Waals surface area contributed by atoms with Crippen molar-refractivity contribution in [3.05, 3.63) is 65.0 Å². The number of amides is 4. The second-order valence-electron chi connectivity index (χ2n) is 10.6. The van der Waals surface area contributed by atoms with E-state index in [1.54, 1.807) is 17.6 Å². The number of carbonyl (C=O) groups excluding carboxylic acids is 3. The topological polar surface area (TPSA) is 131 Å². The van der Waals surface area contributed by atoms with E-state index < -0.39 is 46.0 Å². The molecule has 3 N–H and O–H groups in total. The van der Waals surface area contributed by atoms with Gasteiger partial charge in [0.15, 0.2) is 9.84 Å². The number of halogens is 3. The number of urea groups is 1. The lowest BCUT2D eigenvalue weighted by atomic mass is 10.0. The van der Waals surface area contributed by atoms with E-state index in [2.05, 4.69) is 22.0 Å². The SMILES string of the molecule is CCN1CCN(Cc2ccc(NC(=O)N3CCS(=O)(=O)CC3Cc3ccc(C(=O)NNC(=O)C(F)F)cc3F)cc2)CC1. The van der Waals surface area contributed by atoms with Crippen LogP contribution in [0.2, 0.25) is 0 Å². The Kier molecular flexibility index (Phi) is 10.6. The highest BCUT2D eigenvalue weighted by Crippen LogP contribution is 2.21. The highest BCUT2D eigenvalue weighted by Gasteiger charge is 2.35. The van der Waals surface area contributed by atoms with Gasteiger partial charge >= 0.3 is 18.4 Å². The molecule has 43 heavy (non-hydrogen) atoms. The third-order valence-corrected chi connectivity index (χ3v) is 9.28. The molecule has 1 unspecified atom stereocenters. The minimum atomic E-state index is -3.49. The lowest BCUT2D eigenvalue weighted by Crippen LogP contribution is -2.53. The molecule has 0 aromatic heterocycles. The fourth-order valence-electron chi connectivity index (χ4n) is 5.09. The molecule has 2 heterocycles. The smallest absolute Gasteiger partial charge is 0.319 e. The van der Waals surface area contributed by atoms with Gasteiger partial charge in [-0.2, -0.15) is 8.78 Å². The molecule has 4 rings (SSSR count). The third kappa shape index (κ3) is 8.91. The van der Waals surface area contributed by atoms with Crippen molar-refractivity contribution >= 4 is 33.4 Å². The summed E-state index contributed by atoms with van der Waals surface area (Å²) in [6.07, 6.45) is -3.49. The summed E-state index contributed by atoms with van der Waals surface area (Å²) in [6, 6.07) is 9.35. The lowest BCUT2D eigenvalue weighted by Gasteiger charge is -2.35. The molecule has 234 valence electrons. The molecule has 2 aliphatic rings. The van der Waals surface area contributed by atoms with E-state index in [1.165, 1.54) is 22.5 Å². The van der Waals surface area contributed by atoms with E-state index in [4.69, 9.17) is 0 Å². The summed E-state index contributed by atoms with van der Waals surface area (Å²) in [6.45, 7) is 7.96. The normalized spacial score (nSPS) is 19.2. The van der Waals surface area contributed by atoms with Gasteiger partial charge in [-0.15, -0.1) is 0 Å². The lowest BCUT2D eigenvalue weighted by molar-refractivity contribution is -0.132. The predicted molar refractivity (Wildman–Crippen MR) is 154 cm³/mol. The number of hydrogen-bond acceptors (Lipinski definition) is 7. The molecule has 1 atom stereocenters. The number of benzene rings is 2. The van der Waals surface area contributed by atoms with Gasteiger partial charge in [0.05, 0.1) is 17.5 Å². The van der Waals surface area contributed by atoms with E-state index in [0.717, 1.165) is 50.9 Å². The zero-order chi connectivity index (χ0) is 31.1. The van der Waals surface area contributed by atoms with Gasteiger partial charge in [0.1, 0.15) is 5.82 Å². The molecule has 0 radical (unpaired) electrons. The summed E-state index contributed by atoms with van der Waals surface area (Å²) in [7, 11) is -3.49. The van der Waals surface area contributed by atoms with E-state index >= 15 is 0 Å². The second kappa shape index (κ2) is 14.2. The van der Waals surface area contributed by atoms with Crippen molar-refractivity contribution in [2.24, 2.45) is 0 Å². The monoisotopic (exact) mass is 624 g/mol. The average molecular weight is 625 g/mol. The molecule has 15 heteroatoms. The van der Waals surface area contributed by atoms with Crippen molar-refractivity contribution in [3.8, 4) is 0 Å². The van der Waals surface area contributed by atoms with Crippen molar-refractivity contribution < 1.29 is 36.0 Å². The summed E-state index contributed by atoms with van der Waals surface area (Å²) in [5, 5.41) is 2.81. The minimum absolute atomic E-state index is 0.0530. The van der Waals surface area contributed by atoms with Crippen LogP contribution >= 0.6 is 0 Å². The van der Waals surface area contributed by atoms with Gasteiger partial charge in [0.2, 0.25) is 0 Å². The summed E-state index contributed by atoms with van der Waals surface area (Å²) < 4.78 is 64.4. The third-order valence-electron chi connectivity index (χ3n) is 7.58. The Labute approximate surface area is 248 Å². The van der Waals surface area contributed by atoms with Crippen LogP contribution in [-0.2, 0) is 27.6 Å². The van der Waals surface area contributed by atoms with Crippen LogP contribution in [0.5, 0.6) is 0 Å². The van der Waals surface area contributed by atoms with Crippen LogP contribution < -0.4 is 16.2 Å². The van der Waals surface area contributed by atoms with Gasteiger partial charge in [-0.1, -0.05) is 25.1 Å². The molecule has 2 aliphatic heterocycles. The Hall–Kier alpha value is -3.69. The molecule has 11 nitrogen and oxygen atoms in total. The van der Waals surface area contributed by atoms with Crippen molar-refractivity contribution in [3.63, 3.8) is 0 Å². The van der Waals surface area contributed by atoms with Crippen LogP contribution in [-0.4, -0.2) is 104 Å². The summed E-state index contributed by atoms with van der Waals surface area (Å²) in [5.41, 5.74) is 4.72. The Morgan fingerprint density at radius 1 is 0.953 bits per heavy atom. The predicted octanol–water partition coefficient (Wildman–Crippen LogP) is 1.86. The number of sulfone groups is 1. The molecule has 0 aliphatic carbocycles. The molecule has 2 saturated heterocycles. The number of likely N-dealkylation sites (N-methyl/N-ethyl adjacent to an activating group) is 1. The number of nitrogens with zero attached hydrogens (tertiary/aromatic N) is 3. The fourth-order valence-corrected chi connectivity index (χ4v) is 6.61. The second-order valence-corrected chi connectivity index (χ2v) is 12.8. The number of alkyl halides is 2. The number of piperazine rings is 1. The van der Waals surface area contributed by atoms with Crippen LogP contribution in [0.3, 0.4) is 0 Å².